The summed E-state index contributed by atoms with van der Waals surface area (Å²) in [6.07, 6.45) is 0.791. The van der Waals surface area contributed by atoms with Crippen LogP contribution in [0.15, 0.2) is 109 Å². The molecule has 0 heterocycles. The molecule has 6 heteroatoms. The highest BCUT2D eigenvalue weighted by Crippen LogP contribution is 2.47. The number of benzene rings is 4. The number of ether oxygens (including phenoxy) is 1. The molecule has 0 saturated carbocycles. The van der Waals surface area contributed by atoms with E-state index in [1.807, 2.05) is 61.5 Å². The Morgan fingerprint density at radius 1 is 0.771 bits per heavy atom. The van der Waals surface area contributed by atoms with E-state index >= 15 is 0 Å². The Hall–Kier alpha value is -3.53. The molecule has 0 aliphatic carbocycles. The molecule has 0 radical (unpaired) electrons. The molecule has 1 unspecified atom stereocenters. The van der Waals surface area contributed by atoms with Crippen LogP contribution < -0.4 is 19.1 Å². The molecular weight excluding hydrogens is 457 g/mol. The Morgan fingerprint density at radius 3 is 1.86 bits per heavy atom. The SMILES string of the molecule is COc1cc(CC(C)NCP(=O)(Oc2ccccc2)Oc2ccccc2)ccc1-c1ccccc1. The van der Waals surface area contributed by atoms with Gasteiger partial charge in [0.25, 0.3) is 0 Å². The molecule has 1 atom stereocenters. The molecule has 1 N–H and O–H groups in total. The second-order valence-electron chi connectivity index (χ2n) is 8.29. The minimum atomic E-state index is -3.52. The van der Waals surface area contributed by atoms with Gasteiger partial charge in [0.15, 0.2) is 0 Å². The lowest BCUT2D eigenvalue weighted by Gasteiger charge is -2.23. The smallest absolute Gasteiger partial charge is 0.444 e. The normalized spacial score (nSPS) is 12.1. The fourth-order valence-corrected chi connectivity index (χ4v) is 5.37. The average Bonchev–Trinajstić information content (AvgIpc) is 2.89. The molecule has 0 bridgehead atoms. The fraction of sp³-hybridized carbons (Fsp3) is 0.172. The zero-order chi connectivity index (χ0) is 24.5. The standard InChI is InChI=1S/C29H30NO4P/c1-23(20-24-18-19-28(29(21-24)32-2)25-12-6-3-7-13-25)30-22-35(31,33-26-14-8-4-9-15-26)34-27-16-10-5-11-17-27/h3-19,21,23,30H,20,22H2,1-2H3. The molecule has 0 aliphatic heterocycles. The van der Waals surface area contributed by atoms with Crippen LogP contribution in [-0.4, -0.2) is 19.4 Å². The summed E-state index contributed by atoms with van der Waals surface area (Å²) in [5, 5.41) is 3.34. The molecule has 4 aromatic carbocycles. The predicted octanol–water partition coefficient (Wildman–Crippen LogP) is 7.19. The van der Waals surface area contributed by atoms with Crippen LogP contribution in [0.3, 0.4) is 0 Å². The van der Waals surface area contributed by atoms with Gasteiger partial charge in [-0.2, -0.15) is 0 Å². The quantitative estimate of drug-likeness (QED) is 0.227. The molecule has 0 aliphatic rings. The van der Waals surface area contributed by atoms with Crippen molar-refractivity contribution in [2.45, 2.75) is 19.4 Å². The maximum atomic E-state index is 13.7. The summed E-state index contributed by atoms with van der Waals surface area (Å²) in [4.78, 5) is 0. The first-order valence-electron chi connectivity index (χ1n) is 11.6. The summed E-state index contributed by atoms with van der Waals surface area (Å²) in [5.74, 6) is 1.83. The van der Waals surface area contributed by atoms with Gasteiger partial charge in [0, 0.05) is 11.6 Å². The minimum Gasteiger partial charge on any atom is -0.496 e. The zero-order valence-corrected chi connectivity index (χ0v) is 20.9. The Kier molecular flexibility index (Phi) is 8.25. The van der Waals surface area contributed by atoms with E-state index in [0.29, 0.717) is 11.5 Å². The monoisotopic (exact) mass is 487 g/mol. The zero-order valence-electron chi connectivity index (χ0n) is 20.0. The Bertz CT molecular complexity index is 1200. The lowest BCUT2D eigenvalue weighted by molar-refractivity contribution is 0.376. The third-order valence-electron chi connectivity index (χ3n) is 5.50. The van der Waals surface area contributed by atoms with Crippen LogP contribution in [0.1, 0.15) is 12.5 Å². The minimum absolute atomic E-state index is 0.0225. The van der Waals surface area contributed by atoms with E-state index in [9.17, 15) is 4.57 Å². The maximum Gasteiger partial charge on any atom is 0.444 e. The third kappa shape index (κ3) is 6.98. The molecule has 180 valence electrons. The van der Waals surface area contributed by atoms with Gasteiger partial charge >= 0.3 is 7.60 Å². The highest BCUT2D eigenvalue weighted by Gasteiger charge is 2.29. The number of nitrogens with one attached hydrogen (secondary N) is 1. The van der Waals surface area contributed by atoms with E-state index in [1.165, 1.54) is 0 Å². The number of rotatable bonds is 11. The highest BCUT2D eigenvalue weighted by atomic mass is 31.2. The maximum absolute atomic E-state index is 13.7. The van der Waals surface area contributed by atoms with Gasteiger partial charge in [-0.1, -0.05) is 78.9 Å². The highest BCUT2D eigenvalue weighted by molar-refractivity contribution is 7.54. The largest absolute Gasteiger partial charge is 0.496 e. The van der Waals surface area contributed by atoms with Gasteiger partial charge in [-0.05, 0) is 54.8 Å². The van der Waals surface area contributed by atoms with E-state index in [0.717, 1.165) is 28.9 Å². The number of para-hydroxylation sites is 2. The van der Waals surface area contributed by atoms with Crippen molar-refractivity contribution in [3.63, 3.8) is 0 Å². The number of hydrogen-bond acceptors (Lipinski definition) is 5. The van der Waals surface area contributed by atoms with Crippen LogP contribution >= 0.6 is 7.60 Å². The van der Waals surface area contributed by atoms with Crippen molar-refractivity contribution in [1.29, 1.82) is 0 Å². The van der Waals surface area contributed by atoms with Gasteiger partial charge < -0.3 is 19.1 Å². The van der Waals surface area contributed by atoms with E-state index in [1.54, 1.807) is 31.4 Å². The van der Waals surface area contributed by atoms with Gasteiger partial charge in [0.1, 0.15) is 23.5 Å². The second-order valence-corrected chi connectivity index (χ2v) is 10.2. The molecule has 5 nitrogen and oxygen atoms in total. The van der Waals surface area contributed by atoms with Gasteiger partial charge in [-0.15, -0.1) is 0 Å². The Morgan fingerprint density at radius 2 is 1.31 bits per heavy atom. The van der Waals surface area contributed by atoms with Crippen molar-refractivity contribution < 1.29 is 18.3 Å². The Labute approximate surface area is 207 Å². The van der Waals surface area contributed by atoms with Gasteiger partial charge in [-0.3, -0.25) is 0 Å². The van der Waals surface area contributed by atoms with Gasteiger partial charge in [0.2, 0.25) is 0 Å². The summed E-state index contributed by atoms with van der Waals surface area (Å²) in [5.41, 5.74) is 3.28. The molecule has 0 aromatic heterocycles. The van der Waals surface area contributed by atoms with Crippen molar-refractivity contribution in [2.24, 2.45) is 0 Å². The van der Waals surface area contributed by atoms with E-state index in [-0.39, 0.29) is 12.3 Å². The third-order valence-corrected chi connectivity index (χ3v) is 7.05. The van der Waals surface area contributed by atoms with Gasteiger partial charge in [-0.25, -0.2) is 4.57 Å². The van der Waals surface area contributed by atoms with Crippen LogP contribution in [0.2, 0.25) is 0 Å². The first-order chi connectivity index (χ1) is 17.0. The topological polar surface area (TPSA) is 56.8 Å². The number of methoxy groups -OCH3 is 1. The molecule has 0 spiro atoms. The van der Waals surface area contributed by atoms with E-state index in [2.05, 4.69) is 35.6 Å². The van der Waals surface area contributed by atoms with E-state index in [4.69, 9.17) is 13.8 Å². The molecule has 0 amide bonds. The molecule has 0 fully saturated rings. The van der Waals surface area contributed by atoms with Crippen LogP contribution in [0.25, 0.3) is 11.1 Å². The van der Waals surface area contributed by atoms with E-state index < -0.39 is 7.60 Å². The second kappa shape index (κ2) is 11.7. The molecular formula is C29H30NO4P. The number of hydrogen-bond donors (Lipinski definition) is 1. The summed E-state index contributed by atoms with van der Waals surface area (Å²) in [7, 11) is -1.83. The van der Waals surface area contributed by atoms with Gasteiger partial charge in [0.05, 0.1) is 7.11 Å². The summed E-state index contributed by atoms with van der Waals surface area (Å²) >= 11 is 0. The average molecular weight is 488 g/mol. The summed E-state index contributed by atoms with van der Waals surface area (Å²) in [6.45, 7) is 2.05. The lowest BCUT2D eigenvalue weighted by Crippen LogP contribution is -2.30. The van der Waals surface area contributed by atoms with Crippen molar-refractivity contribution in [2.75, 3.05) is 13.4 Å². The predicted molar refractivity (Wildman–Crippen MR) is 141 cm³/mol. The van der Waals surface area contributed by atoms with Crippen LogP contribution in [0.5, 0.6) is 17.2 Å². The molecule has 35 heavy (non-hydrogen) atoms. The Balaban J connectivity index is 1.44. The summed E-state index contributed by atoms with van der Waals surface area (Å²) in [6, 6.07) is 34.6. The van der Waals surface area contributed by atoms with Crippen LogP contribution in [0, 0.1) is 0 Å². The first kappa shape index (κ1) is 24.6. The first-order valence-corrected chi connectivity index (χ1v) is 13.3. The van der Waals surface area contributed by atoms with Crippen molar-refractivity contribution in [3.05, 3.63) is 115 Å². The van der Waals surface area contributed by atoms with Crippen molar-refractivity contribution in [1.82, 2.24) is 5.32 Å². The van der Waals surface area contributed by atoms with Crippen LogP contribution in [0.4, 0.5) is 0 Å². The van der Waals surface area contributed by atoms with Crippen molar-refractivity contribution in [3.8, 4) is 28.4 Å². The molecule has 4 aromatic rings. The molecule has 4 rings (SSSR count). The van der Waals surface area contributed by atoms with Crippen LogP contribution in [-0.2, 0) is 11.0 Å². The fourth-order valence-electron chi connectivity index (χ4n) is 3.78. The lowest BCUT2D eigenvalue weighted by atomic mass is 10.00. The van der Waals surface area contributed by atoms with Crippen molar-refractivity contribution >= 4 is 7.60 Å². The summed E-state index contributed by atoms with van der Waals surface area (Å²) < 4.78 is 31.1. The molecule has 0 saturated heterocycles.